The van der Waals surface area contributed by atoms with Gasteiger partial charge in [-0.1, -0.05) is 129 Å². The van der Waals surface area contributed by atoms with Gasteiger partial charge in [-0.15, -0.1) is 0 Å². The molecule has 3 unspecified atom stereocenters. The molecule has 0 aromatic carbocycles. The van der Waals surface area contributed by atoms with Gasteiger partial charge in [-0.05, 0) is 75.0 Å². The minimum Gasteiger partial charge on any atom is -0.485 e. The monoisotopic (exact) mass is 666 g/mol. The second-order valence-corrected chi connectivity index (χ2v) is 16.5. The van der Waals surface area contributed by atoms with Crippen LogP contribution in [0, 0.1) is 23.2 Å². The zero-order valence-corrected chi connectivity index (χ0v) is 30.4. The van der Waals surface area contributed by atoms with E-state index in [2.05, 4.69) is 24.5 Å². The molecule has 6 rings (SSSR count). The van der Waals surface area contributed by atoms with E-state index in [1.165, 1.54) is 116 Å². The second kappa shape index (κ2) is 16.9. The Bertz CT molecular complexity index is 1140. The van der Waals surface area contributed by atoms with Crippen LogP contribution in [0.2, 0.25) is 0 Å². The Morgan fingerprint density at radius 3 is 2.12 bits per heavy atom. The smallest absolute Gasteiger partial charge is 0.485 e. The molecule has 2 aliphatic heterocycles. The first-order valence-electron chi connectivity index (χ1n) is 20.6. The third-order valence-electron chi connectivity index (χ3n) is 13.1. The van der Waals surface area contributed by atoms with E-state index in [9.17, 15) is 9.90 Å². The Labute approximate surface area is 292 Å². The molecule has 6 aliphatic rings. The zero-order valence-electron chi connectivity index (χ0n) is 30.4. The van der Waals surface area contributed by atoms with Gasteiger partial charge in [0.25, 0.3) is 0 Å². The molecule has 3 saturated carbocycles. The molecule has 6 nitrogen and oxygen atoms in total. The van der Waals surface area contributed by atoms with E-state index in [0.29, 0.717) is 12.4 Å². The summed E-state index contributed by atoms with van der Waals surface area (Å²) in [5, 5.41) is 12.6. The fraction of sp³-hybridized carbons (Fsp3) is 0.833. The number of hydrogen-bond acceptors (Lipinski definition) is 6. The van der Waals surface area contributed by atoms with Crippen LogP contribution in [0.4, 0.5) is 4.79 Å². The highest BCUT2D eigenvalue weighted by molar-refractivity contribution is 5.62. The summed E-state index contributed by atoms with van der Waals surface area (Å²) < 4.78 is 18.1. The topological polar surface area (TPSA) is 68.2 Å². The molecule has 6 heteroatoms. The maximum Gasteiger partial charge on any atom is 0.513 e. The van der Waals surface area contributed by atoms with Crippen LogP contribution in [0.15, 0.2) is 35.8 Å². The lowest BCUT2D eigenvalue weighted by molar-refractivity contribution is -0.240. The lowest BCUT2D eigenvalue weighted by Crippen LogP contribution is -2.75. The normalized spacial score (nSPS) is 31.9. The predicted molar refractivity (Wildman–Crippen MR) is 192 cm³/mol. The van der Waals surface area contributed by atoms with Gasteiger partial charge in [-0.2, -0.15) is 0 Å². The van der Waals surface area contributed by atoms with Gasteiger partial charge in [0.15, 0.2) is 5.76 Å². The average Bonchev–Trinajstić information content (AvgIpc) is 3.82. The molecule has 48 heavy (non-hydrogen) atoms. The standard InChI is InChI=1S/C42H67NO5/c1-3-4-5-6-7-8-9-10-11-12-13-14-15-16-17-18-19-20-29-46-40(44)47-35-24-23-34-30-36-42(45)26-25-32(2)39-41(42,37(34)38(35)48-39)27-28-43(36)31-33-21-22-33/h23-24,33-34,36-37,39,45H,2-22,25-31H2,1H3/t34?,36?,37?,39-,41-,42+/m0/s1. The fourth-order valence-corrected chi connectivity index (χ4v) is 10.3. The van der Waals surface area contributed by atoms with Crippen molar-refractivity contribution in [3.8, 4) is 0 Å². The number of allylic oxidation sites excluding steroid dienone is 3. The molecule has 4 aliphatic carbocycles. The highest BCUT2D eigenvalue weighted by Gasteiger charge is 2.76. The second-order valence-electron chi connectivity index (χ2n) is 16.5. The highest BCUT2D eigenvalue weighted by Crippen LogP contribution is 2.70. The van der Waals surface area contributed by atoms with E-state index < -0.39 is 17.2 Å². The van der Waals surface area contributed by atoms with Gasteiger partial charge in [-0.25, -0.2) is 4.79 Å². The molecule has 1 N–H and O–H groups in total. The number of piperidine rings is 1. The maximum absolute atomic E-state index is 12.8. The van der Waals surface area contributed by atoms with Crippen molar-refractivity contribution in [2.75, 3.05) is 19.7 Å². The van der Waals surface area contributed by atoms with Gasteiger partial charge >= 0.3 is 6.16 Å². The van der Waals surface area contributed by atoms with Crippen molar-refractivity contribution >= 4 is 6.16 Å². The number of nitrogens with zero attached hydrogens (tertiary/aromatic N) is 1. The molecular formula is C42H67NO5. The van der Waals surface area contributed by atoms with Crippen molar-refractivity contribution in [1.82, 2.24) is 4.90 Å². The summed E-state index contributed by atoms with van der Waals surface area (Å²) in [6.07, 6.45) is 33.3. The first kappa shape index (κ1) is 36.0. The predicted octanol–water partition coefficient (Wildman–Crippen LogP) is 10.5. The van der Waals surface area contributed by atoms with Crippen LogP contribution in [0.5, 0.6) is 0 Å². The molecule has 0 aromatic heterocycles. The Morgan fingerprint density at radius 2 is 1.52 bits per heavy atom. The van der Waals surface area contributed by atoms with Gasteiger partial charge in [0, 0.05) is 18.5 Å². The minimum atomic E-state index is -0.807. The maximum atomic E-state index is 12.8. The first-order chi connectivity index (χ1) is 23.5. The quantitative estimate of drug-likeness (QED) is 0.0705. The molecule has 2 heterocycles. The summed E-state index contributed by atoms with van der Waals surface area (Å²) in [4.78, 5) is 15.4. The average molecular weight is 666 g/mol. The molecule has 0 aromatic rings. The number of ether oxygens (including phenoxy) is 3. The van der Waals surface area contributed by atoms with E-state index in [1.807, 2.05) is 6.08 Å². The highest BCUT2D eigenvalue weighted by atomic mass is 16.7. The number of carbonyl (C=O) groups is 1. The van der Waals surface area contributed by atoms with Crippen LogP contribution >= 0.6 is 0 Å². The Morgan fingerprint density at radius 1 is 0.917 bits per heavy atom. The van der Waals surface area contributed by atoms with E-state index in [0.717, 1.165) is 68.9 Å². The lowest BCUT2D eigenvalue weighted by atomic mass is 9.44. The minimum absolute atomic E-state index is 0.0200. The van der Waals surface area contributed by atoms with Crippen molar-refractivity contribution in [2.45, 2.75) is 179 Å². The molecular weight excluding hydrogens is 598 g/mol. The van der Waals surface area contributed by atoms with Crippen LogP contribution in [0.25, 0.3) is 0 Å². The molecule has 270 valence electrons. The number of unbranched alkanes of at least 4 members (excludes halogenated alkanes) is 17. The van der Waals surface area contributed by atoms with Gasteiger partial charge in [0.05, 0.1) is 17.6 Å². The number of aliphatic hydroxyl groups is 1. The van der Waals surface area contributed by atoms with Gasteiger partial charge in [0.2, 0.25) is 0 Å². The summed E-state index contributed by atoms with van der Waals surface area (Å²) in [5.41, 5.74) is -0.132. The Kier molecular flexibility index (Phi) is 12.7. The summed E-state index contributed by atoms with van der Waals surface area (Å²) in [7, 11) is 0. The van der Waals surface area contributed by atoms with E-state index in [4.69, 9.17) is 14.2 Å². The Hall–Kier alpha value is -1.79. The van der Waals surface area contributed by atoms with E-state index in [-0.39, 0.29) is 24.0 Å². The summed E-state index contributed by atoms with van der Waals surface area (Å²) in [6, 6.07) is 0.151. The van der Waals surface area contributed by atoms with Crippen LogP contribution in [0.3, 0.4) is 0 Å². The number of hydrogen-bond donors (Lipinski definition) is 1. The SMILES string of the molecule is C=C1CC[C@@]2(O)C3CC4C=CC(OC(=O)OCCCCCCCCCCCCCCCCCCCC)=C5O[C@@H]1[C@]2(CCN3CC1CC1)C54. The van der Waals surface area contributed by atoms with E-state index >= 15 is 0 Å². The lowest BCUT2D eigenvalue weighted by Gasteiger charge is -2.66. The molecule has 2 saturated heterocycles. The largest absolute Gasteiger partial charge is 0.513 e. The van der Waals surface area contributed by atoms with Gasteiger partial charge in [0.1, 0.15) is 11.9 Å². The van der Waals surface area contributed by atoms with Crippen molar-refractivity contribution < 1.29 is 24.1 Å². The van der Waals surface area contributed by atoms with Crippen molar-refractivity contribution in [3.63, 3.8) is 0 Å². The number of likely N-dealkylation sites (tertiary alicyclic amines) is 1. The van der Waals surface area contributed by atoms with Crippen LogP contribution in [-0.2, 0) is 14.2 Å². The van der Waals surface area contributed by atoms with Crippen LogP contribution in [0.1, 0.15) is 161 Å². The third kappa shape index (κ3) is 7.90. The number of rotatable bonds is 22. The van der Waals surface area contributed by atoms with Gasteiger partial charge in [-0.3, -0.25) is 4.90 Å². The molecule has 6 atom stereocenters. The Balaban J connectivity index is 0.859. The van der Waals surface area contributed by atoms with Gasteiger partial charge < -0.3 is 19.3 Å². The number of carbonyl (C=O) groups excluding carboxylic acids is 1. The van der Waals surface area contributed by atoms with Crippen molar-refractivity contribution in [2.24, 2.45) is 23.2 Å². The van der Waals surface area contributed by atoms with Crippen LogP contribution in [-0.4, -0.2) is 53.6 Å². The molecule has 0 radical (unpaired) electrons. The summed E-state index contributed by atoms with van der Waals surface area (Å²) in [6.45, 7) is 9.20. The fourth-order valence-electron chi connectivity index (χ4n) is 10.3. The zero-order chi connectivity index (χ0) is 33.4. The summed E-state index contributed by atoms with van der Waals surface area (Å²) >= 11 is 0. The van der Waals surface area contributed by atoms with Crippen LogP contribution < -0.4 is 0 Å². The van der Waals surface area contributed by atoms with Crippen molar-refractivity contribution in [3.05, 3.63) is 35.8 Å². The molecule has 0 amide bonds. The third-order valence-corrected chi connectivity index (χ3v) is 13.1. The molecule has 2 bridgehead atoms. The molecule has 1 spiro atoms. The van der Waals surface area contributed by atoms with Crippen molar-refractivity contribution in [1.29, 1.82) is 0 Å². The molecule has 5 fully saturated rings. The first-order valence-corrected chi connectivity index (χ1v) is 20.6. The summed E-state index contributed by atoms with van der Waals surface area (Å²) in [5.74, 6) is 2.30. The van der Waals surface area contributed by atoms with E-state index in [1.54, 1.807) is 0 Å².